The van der Waals surface area contributed by atoms with Crippen molar-refractivity contribution >= 4 is 0 Å². The Morgan fingerprint density at radius 2 is 2.11 bits per heavy atom. The minimum atomic E-state index is 0.579. The molecule has 0 aromatic rings. The third kappa shape index (κ3) is 4.87. The maximum absolute atomic E-state index is 5.94. The molecule has 2 N–H and O–H groups in total. The maximum Gasteiger partial charge on any atom is 0.0223 e. The van der Waals surface area contributed by atoms with Gasteiger partial charge in [0.25, 0.3) is 0 Å². The Bertz CT molecular complexity index is 208. The van der Waals surface area contributed by atoms with E-state index in [1.165, 1.54) is 58.2 Å². The van der Waals surface area contributed by atoms with Crippen LogP contribution < -0.4 is 5.73 Å². The molecule has 0 aromatic carbocycles. The minimum Gasteiger partial charge on any atom is -0.329 e. The van der Waals surface area contributed by atoms with Crippen molar-refractivity contribution in [2.45, 2.75) is 64.5 Å². The average molecular weight is 255 g/mol. The molecule has 0 aliphatic carbocycles. The molecule has 0 aromatic heterocycles. The number of unbranched alkanes of at least 4 members (excludes halogenated alkanes) is 2. The first-order valence-corrected chi connectivity index (χ1v) is 7.87. The summed E-state index contributed by atoms with van der Waals surface area (Å²) >= 11 is 0. The Morgan fingerprint density at radius 1 is 1.33 bits per heavy atom. The van der Waals surface area contributed by atoms with Crippen molar-refractivity contribution in [3.63, 3.8) is 0 Å². The fourth-order valence-electron chi connectivity index (χ4n) is 3.15. The molecule has 1 rings (SSSR count). The van der Waals surface area contributed by atoms with Crippen LogP contribution in [0.5, 0.6) is 0 Å². The van der Waals surface area contributed by atoms with E-state index in [1.54, 1.807) is 0 Å². The van der Waals surface area contributed by atoms with Crippen LogP contribution in [0.3, 0.4) is 0 Å². The largest absolute Gasteiger partial charge is 0.329 e. The fraction of sp³-hybridized carbons (Fsp3) is 1.00. The van der Waals surface area contributed by atoms with Crippen molar-refractivity contribution in [2.75, 3.05) is 33.2 Å². The summed E-state index contributed by atoms with van der Waals surface area (Å²) < 4.78 is 0. The van der Waals surface area contributed by atoms with Gasteiger partial charge in [-0.05, 0) is 39.4 Å². The predicted molar refractivity (Wildman–Crippen MR) is 79.9 cm³/mol. The quantitative estimate of drug-likeness (QED) is 0.642. The summed E-state index contributed by atoms with van der Waals surface area (Å²) in [5.74, 6) is 0. The molecule has 1 heterocycles. The molecule has 0 radical (unpaired) electrons. The first-order chi connectivity index (χ1) is 8.72. The molecule has 0 spiro atoms. The highest BCUT2D eigenvalue weighted by Crippen LogP contribution is 2.18. The summed E-state index contributed by atoms with van der Waals surface area (Å²) in [5.41, 5.74) is 5.94. The van der Waals surface area contributed by atoms with E-state index in [-0.39, 0.29) is 0 Å². The molecule has 1 aliphatic rings. The second-order valence-electron chi connectivity index (χ2n) is 5.75. The summed E-state index contributed by atoms with van der Waals surface area (Å²) in [5, 5.41) is 0. The third-order valence-electron chi connectivity index (χ3n) is 4.44. The number of likely N-dealkylation sites (tertiary alicyclic amines) is 1. The lowest BCUT2D eigenvalue weighted by Crippen LogP contribution is -2.45. The van der Waals surface area contributed by atoms with E-state index in [1.807, 2.05) is 0 Å². The average Bonchev–Trinajstić information content (AvgIpc) is 2.81. The lowest BCUT2D eigenvalue weighted by Gasteiger charge is -2.32. The van der Waals surface area contributed by atoms with Crippen molar-refractivity contribution in [1.29, 1.82) is 0 Å². The Kier molecular flexibility index (Phi) is 7.87. The van der Waals surface area contributed by atoms with E-state index in [2.05, 4.69) is 30.7 Å². The molecule has 0 saturated carbocycles. The third-order valence-corrected chi connectivity index (χ3v) is 4.44. The van der Waals surface area contributed by atoms with E-state index in [9.17, 15) is 0 Å². The number of rotatable bonds is 9. The zero-order chi connectivity index (χ0) is 13.4. The molecule has 1 saturated heterocycles. The van der Waals surface area contributed by atoms with E-state index < -0.39 is 0 Å². The molecule has 3 nitrogen and oxygen atoms in total. The second kappa shape index (κ2) is 8.89. The van der Waals surface area contributed by atoms with E-state index >= 15 is 0 Å². The SMILES string of the molecule is CCCCCC(CN)N(C)CC1CCCN1CC. The van der Waals surface area contributed by atoms with Gasteiger partial charge in [-0.15, -0.1) is 0 Å². The number of nitrogens with two attached hydrogens (primary N) is 1. The van der Waals surface area contributed by atoms with Gasteiger partial charge in [0.15, 0.2) is 0 Å². The van der Waals surface area contributed by atoms with Crippen LogP contribution in [0.2, 0.25) is 0 Å². The van der Waals surface area contributed by atoms with Gasteiger partial charge in [-0.25, -0.2) is 0 Å². The molecule has 2 unspecified atom stereocenters. The van der Waals surface area contributed by atoms with Crippen LogP contribution in [0.15, 0.2) is 0 Å². The van der Waals surface area contributed by atoms with Gasteiger partial charge >= 0.3 is 0 Å². The van der Waals surface area contributed by atoms with Gasteiger partial charge in [-0.2, -0.15) is 0 Å². The predicted octanol–water partition coefficient (Wildman–Crippen LogP) is 2.31. The van der Waals surface area contributed by atoms with Crippen LogP contribution >= 0.6 is 0 Å². The molecule has 18 heavy (non-hydrogen) atoms. The summed E-state index contributed by atoms with van der Waals surface area (Å²) in [4.78, 5) is 5.13. The first kappa shape index (κ1) is 15.9. The van der Waals surface area contributed by atoms with Crippen molar-refractivity contribution in [3.05, 3.63) is 0 Å². The monoisotopic (exact) mass is 255 g/mol. The Labute approximate surface area is 114 Å². The molecular weight excluding hydrogens is 222 g/mol. The summed E-state index contributed by atoms with van der Waals surface area (Å²) in [7, 11) is 2.26. The van der Waals surface area contributed by atoms with Gasteiger partial charge in [-0.1, -0.05) is 33.1 Å². The number of likely N-dealkylation sites (N-methyl/N-ethyl adjacent to an activating group) is 2. The lowest BCUT2D eigenvalue weighted by molar-refractivity contribution is 0.159. The van der Waals surface area contributed by atoms with Crippen LogP contribution in [0.1, 0.15) is 52.4 Å². The topological polar surface area (TPSA) is 32.5 Å². The van der Waals surface area contributed by atoms with Gasteiger partial charge in [0, 0.05) is 25.2 Å². The van der Waals surface area contributed by atoms with Gasteiger partial charge in [-0.3, -0.25) is 4.90 Å². The zero-order valence-electron chi connectivity index (χ0n) is 12.7. The first-order valence-electron chi connectivity index (χ1n) is 7.87. The molecule has 0 amide bonds. The second-order valence-corrected chi connectivity index (χ2v) is 5.75. The van der Waals surface area contributed by atoms with E-state index in [4.69, 9.17) is 5.73 Å². The summed E-state index contributed by atoms with van der Waals surface area (Å²) in [6, 6.07) is 1.34. The Balaban J connectivity index is 2.33. The minimum absolute atomic E-state index is 0.579. The molecule has 2 atom stereocenters. The van der Waals surface area contributed by atoms with Crippen LogP contribution in [0.25, 0.3) is 0 Å². The molecule has 3 heteroatoms. The van der Waals surface area contributed by atoms with Gasteiger partial charge in [0.1, 0.15) is 0 Å². The molecular formula is C15H33N3. The number of nitrogens with zero attached hydrogens (tertiary/aromatic N) is 2. The zero-order valence-corrected chi connectivity index (χ0v) is 12.7. The number of hydrogen-bond donors (Lipinski definition) is 1. The van der Waals surface area contributed by atoms with E-state index in [0.29, 0.717) is 6.04 Å². The van der Waals surface area contributed by atoms with Gasteiger partial charge in [0.2, 0.25) is 0 Å². The highest BCUT2D eigenvalue weighted by atomic mass is 15.2. The van der Waals surface area contributed by atoms with Crippen molar-refractivity contribution < 1.29 is 0 Å². The van der Waals surface area contributed by atoms with Crippen LogP contribution in [-0.2, 0) is 0 Å². The molecule has 1 fully saturated rings. The highest BCUT2D eigenvalue weighted by molar-refractivity contribution is 4.82. The van der Waals surface area contributed by atoms with Crippen molar-refractivity contribution in [1.82, 2.24) is 9.80 Å². The van der Waals surface area contributed by atoms with Gasteiger partial charge in [0.05, 0.1) is 0 Å². The lowest BCUT2D eigenvalue weighted by atomic mass is 10.1. The highest BCUT2D eigenvalue weighted by Gasteiger charge is 2.25. The normalized spacial score (nSPS) is 22.8. The molecule has 1 aliphatic heterocycles. The van der Waals surface area contributed by atoms with Crippen molar-refractivity contribution in [3.8, 4) is 0 Å². The summed E-state index contributed by atoms with van der Waals surface area (Å²) in [6.07, 6.45) is 7.96. The molecule has 0 bridgehead atoms. The standard InChI is InChI=1S/C15H33N3/c1-4-6-7-9-14(12-16)17(3)13-15-10-8-11-18(15)5-2/h14-15H,4-13,16H2,1-3H3. The maximum atomic E-state index is 5.94. The fourth-order valence-corrected chi connectivity index (χ4v) is 3.15. The Hall–Kier alpha value is -0.120. The van der Waals surface area contributed by atoms with Crippen LogP contribution in [0.4, 0.5) is 0 Å². The Morgan fingerprint density at radius 3 is 2.72 bits per heavy atom. The number of hydrogen-bond acceptors (Lipinski definition) is 3. The van der Waals surface area contributed by atoms with E-state index in [0.717, 1.165) is 12.6 Å². The van der Waals surface area contributed by atoms with Crippen molar-refractivity contribution in [2.24, 2.45) is 5.73 Å². The smallest absolute Gasteiger partial charge is 0.0223 e. The molecule has 108 valence electrons. The van der Waals surface area contributed by atoms with Gasteiger partial charge < -0.3 is 10.6 Å². The summed E-state index contributed by atoms with van der Waals surface area (Å²) in [6.45, 7) is 9.03. The van der Waals surface area contributed by atoms with Crippen LogP contribution in [-0.4, -0.2) is 55.1 Å². The van der Waals surface area contributed by atoms with Crippen LogP contribution in [0, 0.1) is 0 Å².